The van der Waals surface area contributed by atoms with Crippen LogP contribution in [0.5, 0.6) is 0 Å². The third kappa shape index (κ3) is 5.94. The van der Waals surface area contributed by atoms with Gasteiger partial charge in [-0.1, -0.05) is 0 Å². The molecule has 84 valence electrons. The first kappa shape index (κ1) is 13.4. The van der Waals surface area contributed by atoms with Gasteiger partial charge in [0.15, 0.2) is 0 Å². The van der Waals surface area contributed by atoms with Crippen LogP contribution in [0.2, 0.25) is 0 Å². The molecular weight excluding hydrogens is 182 g/mol. The molecule has 0 aliphatic carbocycles. The van der Waals surface area contributed by atoms with Gasteiger partial charge in [-0.25, -0.2) is 0 Å². The van der Waals surface area contributed by atoms with Crippen molar-refractivity contribution in [3.8, 4) is 0 Å². The summed E-state index contributed by atoms with van der Waals surface area (Å²) in [5.74, 6) is -0.234. The maximum absolute atomic E-state index is 11.2. The van der Waals surface area contributed by atoms with Crippen molar-refractivity contribution in [3.05, 3.63) is 0 Å². The van der Waals surface area contributed by atoms with Gasteiger partial charge < -0.3 is 9.84 Å². The minimum absolute atomic E-state index is 0.231. The average molecular weight is 203 g/mol. The van der Waals surface area contributed by atoms with Crippen molar-refractivity contribution in [2.24, 2.45) is 0 Å². The van der Waals surface area contributed by atoms with Crippen LogP contribution in [-0.2, 0) is 9.53 Å². The van der Waals surface area contributed by atoms with Crippen LogP contribution in [0.4, 0.5) is 0 Å². The predicted molar refractivity (Wildman–Crippen MR) is 55.0 cm³/mol. The van der Waals surface area contributed by atoms with E-state index >= 15 is 0 Å². The number of esters is 1. The Morgan fingerprint density at radius 3 is 2.36 bits per heavy atom. The molecule has 0 aromatic heterocycles. The van der Waals surface area contributed by atoms with Gasteiger partial charge in [0.05, 0.1) is 19.3 Å². The quantitative estimate of drug-likeness (QED) is 0.644. The van der Waals surface area contributed by atoms with E-state index in [1.54, 1.807) is 13.8 Å². The van der Waals surface area contributed by atoms with Gasteiger partial charge in [-0.15, -0.1) is 0 Å². The number of hydrogen-bond donors (Lipinski definition) is 1. The van der Waals surface area contributed by atoms with Crippen LogP contribution in [0, 0.1) is 0 Å². The second-order valence-electron chi connectivity index (χ2n) is 3.68. The summed E-state index contributed by atoms with van der Waals surface area (Å²) in [4.78, 5) is 13.1. The van der Waals surface area contributed by atoms with E-state index in [0.29, 0.717) is 13.2 Å². The van der Waals surface area contributed by atoms with Gasteiger partial charge in [0.25, 0.3) is 0 Å². The van der Waals surface area contributed by atoms with Gasteiger partial charge >= 0.3 is 5.97 Å². The molecule has 1 unspecified atom stereocenters. The van der Waals surface area contributed by atoms with Crippen LogP contribution < -0.4 is 0 Å². The van der Waals surface area contributed by atoms with Crippen molar-refractivity contribution in [3.63, 3.8) is 0 Å². The van der Waals surface area contributed by atoms with E-state index in [2.05, 4.69) is 0 Å². The summed E-state index contributed by atoms with van der Waals surface area (Å²) in [5, 5.41) is 9.22. The Balaban J connectivity index is 4.02. The van der Waals surface area contributed by atoms with E-state index < -0.39 is 6.10 Å². The van der Waals surface area contributed by atoms with E-state index in [1.807, 2.05) is 18.7 Å². The normalized spacial score (nSPS) is 13.4. The first-order valence-electron chi connectivity index (χ1n) is 5.05. The standard InChI is InChI=1S/C10H21NO3/c1-5-14-10(13)7-11(8(2)3)6-9(4)12/h8-9,12H,5-7H2,1-4H3. The molecule has 0 fully saturated rings. The highest BCUT2D eigenvalue weighted by Crippen LogP contribution is 2.00. The molecule has 0 amide bonds. The fourth-order valence-electron chi connectivity index (χ4n) is 1.17. The number of ether oxygens (including phenoxy) is 1. The highest BCUT2D eigenvalue weighted by atomic mass is 16.5. The lowest BCUT2D eigenvalue weighted by atomic mass is 10.2. The van der Waals surface area contributed by atoms with Crippen molar-refractivity contribution < 1.29 is 14.6 Å². The highest BCUT2D eigenvalue weighted by molar-refractivity contribution is 5.71. The minimum Gasteiger partial charge on any atom is -0.465 e. The maximum Gasteiger partial charge on any atom is 0.320 e. The Labute approximate surface area is 85.9 Å². The highest BCUT2D eigenvalue weighted by Gasteiger charge is 2.16. The Morgan fingerprint density at radius 2 is 2.00 bits per heavy atom. The van der Waals surface area contributed by atoms with E-state index in [4.69, 9.17) is 4.74 Å². The fourth-order valence-corrected chi connectivity index (χ4v) is 1.17. The number of rotatable bonds is 6. The predicted octanol–water partition coefficient (Wildman–Crippen LogP) is 0.641. The molecule has 0 rings (SSSR count). The largest absolute Gasteiger partial charge is 0.465 e. The minimum atomic E-state index is -0.424. The number of aliphatic hydroxyl groups excluding tert-OH is 1. The van der Waals surface area contributed by atoms with Crippen molar-refractivity contribution in [2.75, 3.05) is 19.7 Å². The fraction of sp³-hybridized carbons (Fsp3) is 0.900. The molecule has 0 aliphatic heterocycles. The zero-order valence-corrected chi connectivity index (χ0v) is 9.49. The molecule has 0 aromatic carbocycles. The molecule has 4 heteroatoms. The number of nitrogens with zero attached hydrogens (tertiary/aromatic N) is 1. The first-order chi connectivity index (χ1) is 6.47. The second-order valence-corrected chi connectivity index (χ2v) is 3.68. The van der Waals surface area contributed by atoms with Crippen LogP contribution in [0.25, 0.3) is 0 Å². The van der Waals surface area contributed by atoms with Gasteiger partial charge in [0, 0.05) is 12.6 Å². The lowest BCUT2D eigenvalue weighted by Crippen LogP contribution is -2.40. The smallest absolute Gasteiger partial charge is 0.320 e. The molecule has 0 bridgehead atoms. The van der Waals surface area contributed by atoms with Crippen molar-refractivity contribution in [1.29, 1.82) is 0 Å². The van der Waals surface area contributed by atoms with Crippen LogP contribution in [-0.4, -0.2) is 47.8 Å². The summed E-state index contributed by atoms with van der Waals surface area (Å²) < 4.78 is 4.84. The topological polar surface area (TPSA) is 49.8 Å². The van der Waals surface area contributed by atoms with Crippen LogP contribution in [0.15, 0.2) is 0 Å². The monoisotopic (exact) mass is 203 g/mol. The molecule has 14 heavy (non-hydrogen) atoms. The zero-order valence-electron chi connectivity index (χ0n) is 9.49. The summed E-state index contributed by atoms with van der Waals surface area (Å²) in [6.45, 7) is 8.61. The van der Waals surface area contributed by atoms with Gasteiger partial charge in [-0.05, 0) is 27.7 Å². The van der Waals surface area contributed by atoms with E-state index in [0.717, 1.165) is 0 Å². The molecule has 0 heterocycles. The molecule has 0 spiro atoms. The van der Waals surface area contributed by atoms with E-state index in [9.17, 15) is 9.90 Å². The lowest BCUT2D eigenvalue weighted by molar-refractivity contribution is -0.145. The number of carbonyl (C=O) groups is 1. The third-order valence-corrected chi connectivity index (χ3v) is 1.87. The molecule has 0 aliphatic rings. The molecule has 0 saturated carbocycles. The SMILES string of the molecule is CCOC(=O)CN(CC(C)O)C(C)C. The van der Waals surface area contributed by atoms with Crippen molar-refractivity contribution in [2.45, 2.75) is 39.8 Å². The molecule has 0 saturated heterocycles. The van der Waals surface area contributed by atoms with Gasteiger partial charge in [-0.3, -0.25) is 9.69 Å². The first-order valence-corrected chi connectivity index (χ1v) is 5.05. The maximum atomic E-state index is 11.2. The van der Waals surface area contributed by atoms with Gasteiger partial charge in [0.2, 0.25) is 0 Å². The van der Waals surface area contributed by atoms with Crippen molar-refractivity contribution >= 4 is 5.97 Å². The Hall–Kier alpha value is -0.610. The molecule has 0 radical (unpaired) electrons. The summed E-state index contributed by atoms with van der Waals surface area (Å²) in [7, 11) is 0. The van der Waals surface area contributed by atoms with Crippen LogP contribution in [0.1, 0.15) is 27.7 Å². The summed E-state index contributed by atoms with van der Waals surface area (Å²) in [5.41, 5.74) is 0. The van der Waals surface area contributed by atoms with Crippen LogP contribution in [0.3, 0.4) is 0 Å². The second kappa shape index (κ2) is 6.79. The number of aliphatic hydroxyl groups is 1. The number of carbonyl (C=O) groups excluding carboxylic acids is 1. The molecule has 1 N–H and O–H groups in total. The lowest BCUT2D eigenvalue weighted by Gasteiger charge is -2.26. The Kier molecular flexibility index (Phi) is 6.49. The molecule has 0 aromatic rings. The Morgan fingerprint density at radius 1 is 1.43 bits per heavy atom. The van der Waals surface area contributed by atoms with E-state index in [-0.39, 0.29) is 18.6 Å². The summed E-state index contributed by atoms with van der Waals surface area (Å²) in [6, 6.07) is 0.231. The van der Waals surface area contributed by atoms with Crippen LogP contribution >= 0.6 is 0 Å². The zero-order chi connectivity index (χ0) is 11.1. The third-order valence-electron chi connectivity index (χ3n) is 1.87. The average Bonchev–Trinajstić information content (AvgIpc) is 2.02. The Bertz CT molecular complexity index is 169. The van der Waals surface area contributed by atoms with Crippen molar-refractivity contribution in [1.82, 2.24) is 4.90 Å². The van der Waals surface area contributed by atoms with Gasteiger partial charge in [-0.2, -0.15) is 0 Å². The summed E-state index contributed by atoms with van der Waals surface area (Å²) >= 11 is 0. The number of hydrogen-bond acceptors (Lipinski definition) is 4. The molecular formula is C10H21NO3. The molecule has 4 nitrogen and oxygen atoms in total. The molecule has 1 atom stereocenters. The van der Waals surface area contributed by atoms with Gasteiger partial charge in [0.1, 0.15) is 0 Å². The van der Waals surface area contributed by atoms with E-state index in [1.165, 1.54) is 0 Å². The summed E-state index contributed by atoms with van der Waals surface area (Å²) in [6.07, 6.45) is -0.424.